The van der Waals surface area contributed by atoms with Gasteiger partial charge in [-0.3, -0.25) is 4.79 Å². The van der Waals surface area contributed by atoms with Gasteiger partial charge in [0.1, 0.15) is 23.2 Å². The molecule has 1 fully saturated rings. The molecule has 0 N–H and O–H groups in total. The van der Waals surface area contributed by atoms with Crippen molar-refractivity contribution in [2.45, 2.75) is 6.92 Å². The molecule has 2 aromatic carbocycles. The Hall–Kier alpha value is -4.31. The smallest absolute Gasteiger partial charge is 0.337 e. The van der Waals surface area contributed by atoms with E-state index in [1.807, 2.05) is 37.3 Å². The number of aryl methyl sites for hydroxylation is 1. The molecule has 7 nitrogen and oxygen atoms in total. The number of ether oxygens (including phenoxy) is 1. The van der Waals surface area contributed by atoms with Crippen molar-refractivity contribution in [2.24, 2.45) is 0 Å². The van der Waals surface area contributed by atoms with Crippen LogP contribution in [-0.2, 0) is 9.53 Å². The summed E-state index contributed by atoms with van der Waals surface area (Å²) in [7, 11) is 1.33. The Morgan fingerprint density at radius 2 is 1.76 bits per heavy atom. The van der Waals surface area contributed by atoms with E-state index >= 15 is 0 Å². The van der Waals surface area contributed by atoms with E-state index in [0.29, 0.717) is 43.3 Å². The quantitative estimate of drug-likeness (QED) is 0.324. The van der Waals surface area contributed by atoms with Gasteiger partial charge in [-0.2, -0.15) is 5.26 Å². The summed E-state index contributed by atoms with van der Waals surface area (Å²) in [5.74, 6) is 0.191. The number of piperazine rings is 1. The van der Waals surface area contributed by atoms with Crippen molar-refractivity contribution in [2.75, 3.05) is 38.2 Å². The maximum absolute atomic E-state index is 13.0. The van der Waals surface area contributed by atoms with Crippen molar-refractivity contribution in [1.82, 2.24) is 4.90 Å². The van der Waals surface area contributed by atoms with Gasteiger partial charge in [-0.15, -0.1) is 0 Å². The summed E-state index contributed by atoms with van der Waals surface area (Å²) in [6, 6.07) is 20.8. The minimum Gasteiger partial charge on any atom is -0.465 e. The Morgan fingerprint density at radius 3 is 2.44 bits per heavy atom. The van der Waals surface area contributed by atoms with Crippen LogP contribution in [0.15, 0.2) is 70.7 Å². The highest BCUT2D eigenvalue weighted by Gasteiger charge is 2.24. The topological polar surface area (TPSA) is 86.8 Å². The molecule has 2 heterocycles. The Kier molecular flexibility index (Phi) is 6.79. The molecule has 172 valence electrons. The maximum Gasteiger partial charge on any atom is 0.337 e. The van der Waals surface area contributed by atoms with Crippen LogP contribution < -0.4 is 4.90 Å². The molecule has 1 aromatic heterocycles. The first-order chi connectivity index (χ1) is 16.5. The summed E-state index contributed by atoms with van der Waals surface area (Å²) in [5, 5.41) is 9.64. The van der Waals surface area contributed by atoms with Crippen molar-refractivity contribution in [3.8, 4) is 17.4 Å². The number of furan rings is 1. The number of hydrogen-bond acceptors (Lipinski definition) is 6. The predicted molar refractivity (Wildman–Crippen MR) is 129 cm³/mol. The van der Waals surface area contributed by atoms with Crippen LogP contribution in [0.1, 0.15) is 21.7 Å². The van der Waals surface area contributed by atoms with Gasteiger partial charge >= 0.3 is 5.97 Å². The number of nitrogens with zero attached hydrogens (tertiary/aromatic N) is 3. The lowest BCUT2D eigenvalue weighted by molar-refractivity contribution is -0.126. The van der Waals surface area contributed by atoms with Crippen molar-refractivity contribution >= 4 is 23.6 Å². The Bertz CT molecular complexity index is 1260. The lowest BCUT2D eigenvalue weighted by Crippen LogP contribution is -2.49. The number of rotatable bonds is 5. The van der Waals surface area contributed by atoms with Crippen LogP contribution in [0, 0.1) is 18.3 Å². The van der Waals surface area contributed by atoms with Crippen LogP contribution in [0.3, 0.4) is 0 Å². The normalized spacial score (nSPS) is 14.0. The summed E-state index contributed by atoms with van der Waals surface area (Å²) < 4.78 is 10.7. The van der Waals surface area contributed by atoms with E-state index in [2.05, 4.69) is 17.0 Å². The zero-order valence-corrected chi connectivity index (χ0v) is 19.2. The van der Waals surface area contributed by atoms with Crippen molar-refractivity contribution in [3.05, 3.63) is 83.1 Å². The van der Waals surface area contributed by atoms with Gasteiger partial charge in [0.15, 0.2) is 0 Å². The molecule has 34 heavy (non-hydrogen) atoms. The zero-order chi connectivity index (χ0) is 24.1. The summed E-state index contributed by atoms with van der Waals surface area (Å²) in [6.45, 7) is 4.39. The van der Waals surface area contributed by atoms with E-state index in [1.54, 1.807) is 29.2 Å². The van der Waals surface area contributed by atoms with E-state index in [9.17, 15) is 14.9 Å². The lowest BCUT2D eigenvalue weighted by Gasteiger charge is -2.36. The average molecular weight is 456 g/mol. The molecule has 0 bridgehead atoms. The van der Waals surface area contributed by atoms with Crippen LogP contribution in [-0.4, -0.2) is 50.1 Å². The van der Waals surface area contributed by atoms with Gasteiger partial charge in [0, 0.05) is 43.5 Å². The molecule has 4 rings (SSSR count). The van der Waals surface area contributed by atoms with Crippen LogP contribution in [0.4, 0.5) is 5.69 Å². The predicted octanol–water partition coefficient (Wildman–Crippen LogP) is 4.30. The molecule has 1 aliphatic heterocycles. The van der Waals surface area contributed by atoms with E-state index in [4.69, 9.17) is 9.15 Å². The van der Waals surface area contributed by atoms with E-state index in [0.717, 1.165) is 16.8 Å². The molecule has 7 heteroatoms. The van der Waals surface area contributed by atoms with Crippen molar-refractivity contribution < 1.29 is 18.7 Å². The van der Waals surface area contributed by atoms with Gasteiger partial charge in [0.25, 0.3) is 5.91 Å². The highest BCUT2D eigenvalue weighted by molar-refractivity contribution is 6.01. The molecule has 1 amide bonds. The molecule has 0 saturated carbocycles. The average Bonchev–Trinajstić information content (AvgIpc) is 3.35. The fraction of sp³-hybridized carbons (Fsp3) is 0.222. The molecule has 0 atom stereocenters. The Labute approximate surface area is 198 Å². The second kappa shape index (κ2) is 10.1. The van der Waals surface area contributed by atoms with Gasteiger partial charge in [-0.05, 0) is 48.9 Å². The Morgan fingerprint density at radius 1 is 1.03 bits per heavy atom. The maximum atomic E-state index is 13.0. The number of para-hydroxylation sites is 1. The Balaban J connectivity index is 1.48. The number of benzene rings is 2. The van der Waals surface area contributed by atoms with Crippen LogP contribution in [0.25, 0.3) is 17.4 Å². The van der Waals surface area contributed by atoms with Crippen molar-refractivity contribution in [1.29, 1.82) is 5.26 Å². The monoisotopic (exact) mass is 455 g/mol. The van der Waals surface area contributed by atoms with Gasteiger partial charge < -0.3 is 19.0 Å². The van der Waals surface area contributed by atoms with Crippen LogP contribution in [0.5, 0.6) is 0 Å². The minimum absolute atomic E-state index is 0.0223. The first kappa shape index (κ1) is 22.9. The molecule has 1 saturated heterocycles. The third kappa shape index (κ3) is 4.86. The minimum atomic E-state index is -0.433. The number of esters is 1. The summed E-state index contributed by atoms with van der Waals surface area (Å²) in [5.41, 5.74) is 3.23. The van der Waals surface area contributed by atoms with Gasteiger partial charge in [0.2, 0.25) is 0 Å². The molecule has 0 radical (unpaired) electrons. The first-order valence-corrected chi connectivity index (χ1v) is 11.0. The second-order valence-electron chi connectivity index (χ2n) is 8.01. The molecular formula is C27H25N3O4. The highest BCUT2D eigenvalue weighted by Crippen LogP contribution is 2.28. The molecule has 3 aromatic rings. The fourth-order valence-electron chi connectivity index (χ4n) is 3.97. The number of amides is 1. The highest BCUT2D eigenvalue weighted by atomic mass is 16.5. The summed E-state index contributed by atoms with van der Waals surface area (Å²) in [6.07, 6.45) is 1.47. The van der Waals surface area contributed by atoms with Crippen LogP contribution in [0.2, 0.25) is 0 Å². The third-order valence-corrected chi connectivity index (χ3v) is 5.88. The summed E-state index contributed by atoms with van der Waals surface area (Å²) in [4.78, 5) is 28.8. The molecule has 1 aliphatic rings. The number of anilines is 1. The molecule has 0 spiro atoms. The SMILES string of the molecule is COC(=O)c1ccc(C)c(-c2ccc(/C=C(/C#N)C(=O)N3CCN(c4ccccc4)CC3)o2)c1. The fourth-order valence-corrected chi connectivity index (χ4v) is 3.97. The lowest BCUT2D eigenvalue weighted by atomic mass is 10.0. The number of nitriles is 1. The first-order valence-electron chi connectivity index (χ1n) is 11.0. The number of hydrogen-bond donors (Lipinski definition) is 0. The number of carbonyl (C=O) groups excluding carboxylic acids is 2. The van der Waals surface area contributed by atoms with E-state index in [1.165, 1.54) is 13.2 Å². The molecule has 0 aliphatic carbocycles. The third-order valence-electron chi connectivity index (χ3n) is 5.88. The van der Waals surface area contributed by atoms with Crippen LogP contribution >= 0.6 is 0 Å². The van der Waals surface area contributed by atoms with Gasteiger partial charge in [-0.25, -0.2) is 4.79 Å². The van der Waals surface area contributed by atoms with Gasteiger partial charge in [-0.1, -0.05) is 24.3 Å². The number of carbonyl (C=O) groups is 2. The van der Waals surface area contributed by atoms with Crippen molar-refractivity contribution in [3.63, 3.8) is 0 Å². The largest absolute Gasteiger partial charge is 0.465 e. The second-order valence-corrected chi connectivity index (χ2v) is 8.01. The van der Waals surface area contributed by atoms with E-state index < -0.39 is 5.97 Å². The molecule has 0 unspecified atom stereocenters. The summed E-state index contributed by atoms with van der Waals surface area (Å²) >= 11 is 0. The molecular weight excluding hydrogens is 430 g/mol. The number of methoxy groups -OCH3 is 1. The zero-order valence-electron chi connectivity index (χ0n) is 19.2. The van der Waals surface area contributed by atoms with Gasteiger partial charge in [0.05, 0.1) is 12.7 Å². The standard InChI is InChI=1S/C27H25N3O4/c1-19-8-9-20(27(32)33-2)17-24(19)25-11-10-23(34-25)16-21(18-28)26(31)30-14-12-29(13-15-30)22-6-4-3-5-7-22/h3-11,16-17H,12-15H2,1-2H3/b21-16-. The van der Waals surface area contributed by atoms with E-state index in [-0.39, 0.29) is 11.5 Å².